The van der Waals surface area contributed by atoms with Gasteiger partial charge in [0, 0.05) is 46.6 Å². The fourth-order valence-corrected chi connectivity index (χ4v) is 6.56. The molecule has 2 heterocycles. The number of pyridine rings is 1. The smallest absolute Gasteiger partial charge is 0.128 e. The van der Waals surface area contributed by atoms with E-state index in [0.29, 0.717) is 18.1 Å². The molecule has 1 fully saturated rings. The quantitative estimate of drug-likeness (QED) is 0.276. The van der Waals surface area contributed by atoms with Crippen molar-refractivity contribution in [2.24, 2.45) is 0 Å². The number of benzene rings is 2. The van der Waals surface area contributed by atoms with Crippen LogP contribution in [0.3, 0.4) is 0 Å². The highest BCUT2D eigenvalue weighted by Crippen LogP contribution is 2.39. The van der Waals surface area contributed by atoms with E-state index >= 15 is 0 Å². The maximum atomic E-state index is 6.79. The molecule has 6 rings (SSSR count). The zero-order valence-corrected chi connectivity index (χ0v) is 23.3. The number of ether oxygens (including phenoxy) is 1. The highest BCUT2D eigenvalue weighted by Gasteiger charge is 2.27. The minimum atomic E-state index is 0.292. The summed E-state index contributed by atoms with van der Waals surface area (Å²) in [5.74, 6) is 1.35. The first-order chi connectivity index (χ1) is 18.5. The Hall–Kier alpha value is -3.18. The lowest BCUT2D eigenvalue weighted by atomic mass is 9.87. The van der Waals surface area contributed by atoms with Crippen LogP contribution >= 0.6 is 0 Å². The molecule has 4 aromatic rings. The molecule has 2 aliphatic carbocycles. The number of aromatic amines is 1. The lowest BCUT2D eigenvalue weighted by molar-refractivity contribution is 0.189. The Morgan fingerprint density at radius 3 is 2.66 bits per heavy atom. The molecule has 38 heavy (non-hydrogen) atoms. The minimum absolute atomic E-state index is 0.292. The summed E-state index contributed by atoms with van der Waals surface area (Å²) in [6.45, 7) is 7.40. The van der Waals surface area contributed by atoms with Crippen molar-refractivity contribution >= 4 is 10.9 Å². The average Bonchev–Trinajstić information content (AvgIpc) is 3.60. The van der Waals surface area contributed by atoms with Gasteiger partial charge in [0.05, 0.1) is 17.3 Å². The first-order valence-electron chi connectivity index (χ1n) is 14.4. The zero-order valence-electron chi connectivity index (χ0n) is 23.3. The molecule has 5 nitrogen and oxygen atoms in total. The van der Waals surface area contributed by atoms with E-state index in [9.17, 15) is 0 Å². The molecule has 0 amide bonds. The van der Waals surface area contributed by atoms with Crippen LogP contribution < -0.4 is 4.74 Å². The topological polar surface area (TPSA) is 54.0 Å². The molecule has 2 aromatic heterocycles. The summed E-state index contributed by atoms with van der Waals surface area (Å²) in [6, 6.07) is 17.9. The van der Waals surface area contributed by atoms with Crippen molar-refractivity contribution in [1.29, 1.82) is 0 Å². The summed E-state index contributed by atoms with van der Waals surface area (Å²) < 4.78 is 6.79. The van der Waals surface area contributed by atoms with E-state index in [1.54, 1.807) is 0 Å². The van der Waals surface area contributed by atoms with Crippen LogP contribution in [0.2, 0.25) is 0 Å². The Labute approximate surface area is 226 Å². The van der Waals surface area contributed by atoms with Crippen LogP contribution in [0.1, 0.15) is 92.4 Å². The highest BCUT2D eigenvalue weighted by atomic mass is 16.5. The van der Waals surface area contributed by atoms with Crippen molar-refractivity contribution in [2.45, 2.75) is 90.3 Å². The molecule has 0 radical (unpaired) electrons. The third-order valence-corrected chi connectivity index (χ3v) is 8.63. The van der Waals surface area contributed by atoms with Gasteiger partial charge < -0.3 is 4.74 Å². The molecular weight excluding hydrogens is 468 g/mol. The van der Waals surface area contributed by atoms with E-state index in [1.165, 1.54) is 54.2 Å². The molecule has 1 atom stereocenters. The lowest BCUT2D eigenvalue weighted by Gasteiger charge is -2.34. The van der Waals surface area contributed by atoms with Crippen molar-refractivity contribution in [1.82, 2.24) is 20.1 Å². The van der Waals surface area contributed by atoms with Gasteiger partial charge in [-0.15, -0.1) is 0 Å². The molecule has 0 spiro atoms. The van der Waals surface area contributed by atoms with Gasteiger partial charge >= 0.3 is 0 Å². The Kier molecular flexibility index (Phi) is 6.96. The van der Waals surface area contributed by atoms with Crippen LogP contribution in [0.4, 0.5) is 0 Å². The molecule has 1 saturated carbocycles. The van der Waals surface area contributed by atoms with Crippen molar-refractivity contribution in [3.8, 4) is 17.0 Å². The average molecular weight is 509 g/mol. The first kappa shape index (κ1) is 25.1. The summed E-state index contributed by atoms with van der Waals surface area (Å²) >= 11 is 0. The predicted octanol–water partition coefficient (Wildman–Crippen LogP) is 7.89. The summed E-state index contributed by atoms with van der Waals surface area (Å²) in [7, 11) is 2.26. The van der Waals surface area contributed by atoms with E-state index in [4.69, 9.17) is 9.72 Å². The van der Waals surface area contributed by atoms with Crippen LogP contribution in [0.15, 0.2) is 48.5 Å². The number of H-pyrrole nitrogens is 1. The van der Waals surface area contributed by atoms with E-state index in [0.717, 1.165) is 53.3 Å². The van der Waals surface area contributed by atoms with Crippen LogP contribution in [-0.2, 0) is 13.0 Å². The van der Waals surface area contributed by atoms with Gasteiger partial charge in [-0.1, -0.05) is 50.2 Å². The largest absolute Gasteiger partial charge is 0.490 e. The second-order valence-corrected chi connectivity index (χ2v) is 11.6. The number of aromatic nitrogens is 3. The van der Waals surface area contributed by atoms with Crippen LogP contribution in [0.5, 0.6) is 5.75 Å². The van der Waals surface area contributed by atoms with Gasteiger partial charge in [0.15, 0.2) is 0 Å². The third kappa shape index (κ3) is 4.73. The molecule has 1 unspecified atom stereocenters. The van der Waals surface area contributed by atoms with Crippen molar-refractivity contribution < 1.29 is 4.74 Å². The number of nitrogens with zero attached hydrogens (tertiary/aromatic N) is 3. The van der Waals surface area contributed by atoms with Gasteiger partial charge in [-0.25, -0.2) is 0 Å². The maximum absolute atomic E-state index is 6.79. The molecule has 0 aliphatic heterocycles. The van der Waals surface area contributed by atoms with E-state index in [2.05, 4.69) is 91.4 Å². The number of fused-ring (bicyclic) bond motifs is 2. The van der Waals surface area contributed by atoms with Gasteiger partial charge in [0.1, 0.15) is 5.75 Å². The van der Waals surface area contributed by atoms with E-state index in [-0.39, 0.29) is 0 Å². The molecule has 2 aromatic carbocycles. The van der Waals surface area contributed by atoms with Crippen molar-refractivity contribution in [3.05, 3.63) is 76.6 Å². The Balaban J connectivity index is 1.40. The number of hydrogen-bond donors (Lipinski definition) is 1. The fourth-order valence-electron chi connectivity index (χ4n) is 6.56. The number of aryl methyl sites for hydroxylation is 2. The van der Waals surface area contributed by atoms with Crippen molar-refractivity contribution in [3.63, 3.8) is 0 Å². The highest BCUT2D eigenvalue weighted by molar-refractivity contribution is 5.96. The standard InChI is InChI=1S/C33H40N4O/c1-21(2)33-32-26(16-10-17-28(32)35-36-33)29-19-31(38-24-13-6-7-14-24)27(22(3)34-29)20-37(4)30-18-9-12-23-11-5-8-15-25(23)30/h5,8,10-11,15-17,19,21,24,30H,6-7,9,12-14,18,20H2,1-4H3,(H,35,36). The molecule has 0 bridgehead atoms. The number of hydrogen-bond acceptors (Lipinski definition) is 4. The van der Waals surface area contributed by atoms with Crippen LogP contribution in [0, 0.1) is 6.92 Å². The second kappa shape index (κ2) is 10.5. The zero-order chi connectivity index (χ0) is 26.2. The predicted molar refractivity (Wildman–Crippen MR) is 155 cm³/mol. The first-order valence-corrected chi connectivity index (χ1v) is 14.4. The Morgan fingerprint density at radius 2 is 1.84 bits per heavy atom. The van der Waals surface area contributed by atoms with Crippen LogP contribution in [0.25, 0.3) is 22.2 Å². The van der Waals surface area contributed by atoms with Gasteiger partial charge in [0.2, 0.25) is 0 Å². The van der Waals surface area contributed by atoms with Gasteiger partial charge in [0.25, 0.3) is 0 Å². The summed E-state index contributed by atoms with van der Waals surface area (Å²) in [4.78, 5) is 7.71. The van der Waals surface area contributed by atoms with Gasteiger partial charge in [-0.3, -0.25) is 15.0 Å². The molecule has 1 N–H and O–H groups in total. The second-order valence-electron chi connectivity index (χ2n) is 11.6. The third-order valence-electron chi connectivity index (χ3n) is 8.63. The van der Waals surface area contributed by atoms with E-state index in [1.807, 2.05) is 0 Å². The maximum Gasteiger partial charge on any atom is 0.128 e. The van der Waals surface area contributed by atoms with Gasteiger partial charge in [-0.2, -0.15) is 5.10 Å². The number of rotatable bonds is 7. The summed E-state index contributed by atoms with van der Waals surface area (Å²) in [5, 5.41) is 9.04. The van der Waals surface area contributed by atoms with Gasteiger partial charge in [-0.05, 0) is 82.0 Å². The SMILES string of the molecule is Cc1nc(-c2cccc3n[nH]c(C(C)C)c23)cc(OC2CCCC2)c1CN(C)C1CCCc2ccccc21. The molecular formula is C33H40N4O. The molecule has 2 aliphatic rings. The minimum Gasteiger partial charge on any atom is -0.490 e. The van der Waals surface area contributed by atoms with E-state index < -0.39 is 0 Å². The Morgan fingerprint density at radius 1 is 1.03 bits per heavy atom. The summed E-state index contributed by atoms with van der Waals surface area (Å²) in [6.07, 6.45) is 8.68. The van der Waals surface area contributed by atoms with Crippen molar-refractivity contribution in [2.75, 3.05) is 7.05 Å². The molecule has 5 heteroatoms. The fraction of sp³-hybridized carbons (Fsp3) is 0.455. The normalized spacial score (nSPS) is 18.0. The Bertz CT molecular complexity index is 1430. The summed E-state index contributed by atoms with van der Waals surface area (Å²) in [5.41, 5.74) is 9.50. The number of nitrogens with one attached hydrogen (secondary N) is 1. The monoisotopic (exact) mass is 508 g/mol. The molecule has 198 valence electrons. The van der Waals surface area contributed by atoms with Crippen LogP contribution in [-0.4, -0.2) is 33.2 Å². The molecule has 0 saturated heterocycles. The lowest BCUT2D eigenvalue weighted by Crippen LogP contribution is -2.28.